The van der Waals surface area contributed by atoms with E-state index in [0.717, 1.165) is 34.9 Å². The number of methoxy groups -OCH3 is 1. The van der Waals surface area contributed by atoms with E-state index in [0.29, 0.717) is 59.9 Å². The first-order valence-corrected chi connectivity index (χ1v) is 12.8. The van der Waals surface area contributed by atoms with Crippen molar-refractivity contribution in [3.05, 3.63) is 46.9 Å². The van der Waals surface area contributed by atoms with E-state index in [1.54, 1.807) is 19.5 Å². The van der Waals surface area contributed by atoms with Crippen molar-refractivity contribution in [3.8, 4) is 5.75 Å². The van der Waals surface area contributed by atoms with Crippen LogP contribution in [0, 0.1) is 0 Å². The smallest absolute Gasteiger partial charge is 0.315 e. The number of nitrogens with one attached hydrogen (secondary N) is 1. The summed E-state index contributed by atoms with van der Waals surface area (Å²) in [5.41, 5.74) is 7.03. The van der Waals surface area contributed by atoms with Gasteiger partial charge in [-0.1, -0.05) is 24.6 Å². The van der Waals surface area contributed by atoms with Crippen LogP contribution in [0.3, 0.4) is 0 Å². The number of carboxylic acids is 1. The fourth-order valence-electron chi connectivity index (χ4n) is 5.21. The molecular formula is C26H30ClN7O3. The number of ether oxygens (including phenoxy) is 1. The van der Waals surface area contributed by atoms with Crippen LogP contribution in [0.5, 0.6) is 5.75 Å². The summed E-state index contributed by atoms with van der Waals surface area (Å²) >= 11 is 6.31. The summed E-state index contributed by atoms with van der Waals surface area (Å²) in [6, 6.07) is 5.55. The molecule has 11 heteroatoms. The monoisotopic (exact) mass is 523 g/mol. The molecule has 0 amide bonds. The molecule has 5 rings (SSSR count). The third kappa shape index (κ3) is 4.44. The zero-order chi connectivity index (χ0) is 26.2. The maximum absolute atomic E-state index is 12.7. The van der Waals surface area contributed by atoms with Crippen molar-refractivity contribution in [2.45, 2.75) is 63.6 Å². The van der Waals surface area contributed by atoms with Crippen LogP contribution < -0.4 is 15.8 Å². The quantitative estimate of drug-likeness (QED) is 0.308. The van der Waals surface area contributed by atoms with E-state index < -0.39 is 11.4 Å². The number of benzene rings is 1. The molecule has 4 N–H and O–H groups in total. The van der Waals surface area contributed by atoms with Crippen LogP contribution in [-0.2, 0) is 23.3 Å². The number of aryl methyl sites for hydroxylation is 1. The molecule has 0 bridgehead atoms. The number of aliphatic carboxylic acids is 1. The van der Waals surface area contributed by atoms with E-state index in [9.17, 15) is 9.90 Å². The zero-order valence-corrected chi connectivity index (χ0v) is 21.6. The molecule has 1 aliphatic rings. The predicted octanol–water partition coefficient (Wildman–Crippen LogP) is 4.28. The molecular weight excluding hydrogens is 494 g/mol. The lowest BCUT2D eigenvalue weighted by Gasteiger charge is -2.35. The molecule has 1 fully saturated rings. The van der Waals surface area contributed by atoms with Gasteiger partial charge in [-0.2, -0.15) is 10.2 Å². The number of carboxylic acid groups (broad SMARTS) is 1. The molecule has 0 aliphatic heterocycles. The second-order valence-corrected chi connectivity index (χ2v) is 10.0. The largest absolute Gasteiger partial charge is 0.495 e. The topological polar surface area (TPSA) is 141 Å². The maximum Gasteiger partial charge on any atom is 0.315 e. The van der Waals surface area contributed by atoms with Crippen LogP contribution in [0.25, 0.3) is 21.8 Å². The van der Waals surface area contributed by atoms with Gasteiger partial charge in [0.15, 0.2) is 11.5 Å². The summed E-state index contributed by atoms with van der Waals surface area (Å²) in [7, 11) is 1.57. The summed E-state index contributed by atoms with van der Waals surface area (Å²) < 4.78 is 7.11. The molecule has 37 heavy (non-hydrogen) atoms. The summed E-state index contributed by atoms with van der Waals surface area (Å²) in [6.45, 7) is 3.23. The highest BCUT2D eigenvalue weighted by molar-refractivity contribution is 6.32. The van der Waals surface area contributed by atoms with Gasteiger partial charge in [0, 0.05) is 36.1 Å². The Morgan fingerprint density at radius 3 is 2.73 bits per heavy atom. The number of rotatable bonds is 8. The lowest BCUT2D eigenvalue weighted by atomic mass is 9.69. The number of anilines is 1. The molecule has 194 valence electrons. The van der Waals surface area contributed by atoms with Crippen molar-refractivity contribution in [2.75, 3.05) is 12.4 Å². The first-order valence-electron chi connectivity index (χ1n) is 12.4. The Labute approximate surface area is 219 Å². The lowest BCUT2D eigenvalue weighted by Crippen LogP contribution is -2.43. The predicted molar refractivity (Wildman–Crippen MR) is 142 cm³/mol. The average molecular weight is 524 g/mol. The lowest BCUT2D eigenvalue weighted by molar-refractivity contribution is -0.145. The fourth-order valence-corrected chi connectivity index (χ4v) is 5.49. The van der Waals surface area contributed by atoms with Crippen LogP contribution in [0.4, 0.5) is 5.82 Å². The first-order chi connectivity index (χ1) is 17.9. The number of pyridine rings is 1. The van der Waals surface area contributed by atoms with Crippen molar-refractivity contribution < 1.29 is 14.6 Å². The third-order valence-electron chi connectivity index (χ3n) is 7.27. The SMILES string of the molecule is CCCn1ncc2c3c(NCc4ccc(OC)c(Cl)c4)nnc([C@]4(C(=O)O)CC[C@@H](N)CC4)c3cnc21. The number of fused-ring (bicyclic) bond motifs is 3. The standard InChI is InChI=1S/C26H30ClN7O3/c1-3-10-34-24-18(14-31-34)21-17(13-30-24)22(26(25(35)36)8-6-16(28)7-9-26)32-33-23(21)29-12-15-4-5-20(37-2)19(27)11-15/h4-5,11,13-14,16H,3,6-10,12,28H2,1-2H3,(H,29,33)(H,35,36)/t16-,26+. The van der Waals surface area contributed by atoms with Crippen LogP contribution >= 0.6 is 11.6 Å². The Hall–Kier alpha value is -3.50. The molecule has 0 spiro atoms. The Bertz CT molecular complexity index is 1460. The number of carbonyl (C=O) groups is 1. The molecule has 4 aromatic rings. The Morgan fingerprint density at radius 1 is 1.27 bits per heavy atom. The summed E-state index contributed by atoms with van der Waals surface area (Å²) in [6.07, 6.45) is 6.41. The molecule has 1 saturated carbocycles. The third-order valence-corrected chi connectivity index (χ3v) is 7.56. The molecule has 0 unspecified atom stereocenters. The van der Waals surface area contributed by atoms with Gasteiger partial charge in [-0.05, 0) is 49.8 Å². The van der Waals surface area contributed by atoms with Crippen molar-refractivity contribution in [1.29, 1.82) is 0 Å². The molecule has 0 saturated heterocycles. The van der Waals surface area contributed by atoms with Gasteiger partial charge in [0.2, 0.25) is 0 Å². The van der Waals surface area contributed by atoms with E-state index in [1.165, 1.54) is 0 Å². The van der Waals surface area contributed by atoms with Gasteiger partial charge in [0.1, 0.15) is 11.2 Å². The van der Waals surface area contributed by atoms with Gasteiger partial charge in [-0.3, -0.25) is 4.79 Å². The average Bonchev–Trinajstić information content (AvgIpc) is 3.31. The fraction of sp³-hybridized carbons (Fsp3) is 0.423. The van der Waals surface area contributed by atoms with E-state index in [2.05, 4.69) is 27.5 Å². The van der Waals surface area contributed by atoms with Gasteiger partial charge < -0.3 is 20.9 Å². The Morgan fingerprint density at radius 2 is 2.05 bits per heavy atom. The normalized spacial score (nSPS) is 19.8. The second-order valence-electron chi connectivity index (χ2n) is 9.60. The molecule has 1 aromatic carbocycles. The number of aromatic nitrogens is 5. The summed E-state index contributed by atoms with van der Waals surface area (Å²) in [5, 5.41) is 30.1. The highest BCUT2D eigenvalue weighted by Crippen LogP contribution is 2.43. The van der Waals surface area contributed by atoms with Crippen molar-refractivity contribution >= 4 is 45.2 Å². The maximum atomic E-state index is 12.7. The minimum absolute atomic E-state index is 0.0129. The zero-order valence-electron chi connectivity index (χ0n) is 20.9. The number of hydrogen-bond donors (Lipinski definition) is 3. The van der Waals surface area contributed by atoms with Crippen LogP contribution in [0.2, 0.25) is 5.02 Å². The highest BCUT2D eigenvalue weighted by atomic mass is 35.5. The summed E-state index contributed by atoms with van der Waals surface area (Å²) in [5.74, 6) is 0.217. The molecule has 10 nitrogen and oxygen atoms in total. The Balaban J connectivity index is 1.65. The first kappa shape index (κ1) is 25.2. The van der Waals surface area contributed by atoms with Crippen molar-refractivity contribution in [2.24, 2.45) is 5.73 Å². The van der Waals surface area contributed by atoms with E-state index in [4.69, 9.17) is 27.1 Å². The van der Waals surface area contributed by atoms with Gasteiger partial charge in [0.25, 0.3) is 0 Å². The van der Waals surface area contributed by atoms with E-state index in [-0.39, 0.29) is 6.04 Å². The Kier molecular flexibility index (Phi) is 6.87. The van der Waals surface area contributed by atoms with Crippen LogP contribution in [0.1, 0.15) is 50.3 Å². The van der Waals surface area contributed by atoms with E-state index >= 15 is 0 Å². The highest BCUT2D eigenvalue weighted by Gasteiger charge is 2.46. The van der Waals surface area contributed by atoms with Gasteiger partial charge in [0.05, 0.1) is 29.4 Å². The van der Waals surface area contributed by atoms with E-state index in [1.807, 2.05) is 22.9 Å². The van der Waals surface area contributed by atoms with Crippen molar-refractivity contribution in [3.63, 3.8) is 0 Å². The number of halogens is 1. The van der Waals surface area contributed by atoms with Gasteiger partial charge in [-0.25, -0.2) is 9.67 Å². The number of hydrogen-bond acceptors (Lipinski definition) is 8. The molecule has 1 aliphatic carbocycles. The van der Waals surface area contributed by atoms with Gasteiger partial charge in [-0.15, -0.1) is 5.10 Å². The van der Waals surface area contributed by atoms with Crippen LogP contribution in [-0.4, -0.2) is 49.2 Å². The molecule has 3 heterocycles. The number of nitrogens with zero attached hydrogens (tertiary/aromatic N) is 5. The minimum atomic E-state index is -1.17. The number of nitrogens with two attached hydrogens (primary N) is 1. The summed E-state index contributed by atoms with van der Waals surface area (Å²) in [4.78, 5) is 17.4. The van der Waals surface area contributed by atoms with Crippen LogP contribution in [0.15, 0.2) is 30.6 Å². The molecule has 3 aromatic heterocycles. The minimum Gasteiger partial charge on any atom is -0.495 e. The molecule has 0 radical (unpaired) electrons. The van der Waals surface area contributed by atoms with Crippen molar-refractivity contribution in [1.82, 2.24) is 25.0 Å². The second kappa shape index (κ2) is 10.1. The molecule has 0 atom stereocenters. The van der Waals surface area contributed by atoms with Gasteiger partial charge >= 0.3 is 5.97 Å².